The lowest BCUT2D eigenvalue weighted by atomic mass is 9.93. The Morgan fingerprint density at radius 1 is 1.06 bits per heavy atom. The van der Waals surface area contributed by atoms with E-state index in [-0.39, 0.29) is 23.5 Å². The first kappa shape index (κ1) is 25.5. The summed E-state index contributed by atoms with van der Waals surface area (Å²) in [5.74, 6) is -1.30. The summed E-state index contributed by atoms with van der Waals surface area (Å²) in [4.78, 5) is 52.0. The number of thioether (sulfide) groups is 1. The van der Waals surface area contributed by atoms with Gasteiger partial charge in [0.1, 0.15) is 12.1 Å². The molecule has 1 heterocycles. The van der Waals surface area contributed by atoms with E-state index >= 15 is 0 Å². The van der Waals surface area contributed by atoms with Gasteiger partial charge in [0.2, 0.25) is 11.8 Å². The van der Waals surface area contributed by atoms with Crippen molar-refractivity contribution in [2.45, 2.75) is 45.3 Å². The monoisotopic (exact) mass is 482 g/mol. The Morgan fingerprint density at radius 2 is 1.71 bits per heavy atom. The van der Waals surface area contributed by atoms with Crippen molar-refractivity contribution in [1.29, 1.82) is 0 Å². The highest BCUT2D eigenvalue weighted by molar-refractivity contribution is 8.13. The van der Waals surface area contributed by atoms with Crippen molar-refractivity contribution in [2.24, 2.45) is 5.92 Å². The van der Waals surface area contributed by atoms with Crippen LogP contribution in [0.25, 0.3) is 0 Å². The number of carbonyl (C=O) groups is 4. The quantitative estimate of drug-likeness (QED) is 0.582. The van der Waals surface area contributed by atoms with E-state index in [1.165, 1.54) is 18.9 Å². The van der Waals surface area contributed by atoms with E-state index in [1.54, 1.807) is 6.92 Å². The zero-order valence-corrected chi connectivity index (χ0v) is 20.5. The third kappa shape index (κ3) is 6.47. The molecule has 0 aromatic heterocycles. The number of fused-ring (bicyclic) bond motifs is 1. The maximum absolute atomic E-state index is 13.4. The van der Waals surface area contributed by atoms with Crippen molar-refractivity contribution in [3.8, 4) is 0 Å². The summed E-state index contributed by atoms with van der Waals surface area (Å²) in [5.41, 5.74) is 2.95. The Morgan fingerprint density at radius 3 is 2.35 bits per heavy atom. The molecule has 0 spiro atoms. The summed E-state index contributed by atoms with van der Waals surface area (Å²) in [6, 6.07) is 15.6. The average Bonchev–Trinajstić information content (AvgIpc) is 2.85. The molecule has 180 valence electrons. The number of esters is 1. The number of nitrogens with one attached hydrogen (secondary N) is 1. The molecule has 34 heavy (non-hydrogen) atoms. The zero-order valence-electron chi connectivity index (χ0n) is 19.7. The maximum Gasteiger partial charge on any atom is 0.328 e. The number of rotatable bonds is 8. The number of hydrogen-bond acceptors (Lipinski definition) is 6. The maximum atomic E-state index is 13.4. The first-order valence-electron chi connectivity index (χ1n) is 11.2. The standard InChI is InChI=1S/C26H30N2O5S/c1-17(27-24(30)22(16-34-18(2)29)13-19-9-5-4-6-10-19)25(31)28-15-21-12-8-7-11-20(21)14-23(28)26(32)33-3/h4-12,17,22-23H,13-16H2,1-3H3,(H,27,30)/t17-,22+,23-/m0/s1. The summed E-state index contributed by atoms with van der Waals surface area (Å²) in [6.07, 6.45) is 0.816. The lowest BCUT2D eigenvalue weighted by Crippen LogP contribution is -2.55. The second-order valence-electron chi connectivity index (χ2n) is 8.40. The molecular weight excluding hydrogens is 452 g/mol. The van der Waals surface area contributed by atoms with Crippen molar-refractivity contribution < 1.29 is 23.9 Å². The molecule has 2 amide bonds. The van der Waals surface area contributed by atoms with Crippen molar-refractivity contribution in [2.75, 3.05) is 12.9 Å². The van der Waals surface area contributed by atoms with Crippen LogP contribution in [0.5, 0.6) is 0 Å². The summed E-state index contributed by atoms with van der Waals surface area (Å²) >= 11 is 1.09. The fourth-order valence-corrected chi connectivity index (χ4v) is 4.79. The summed E-state index contributed by atoms with van der Waals surface area (Å²) in [7, 11) is 1.30. The topological polar surface area (TPSA) is 92.8 Å². The van der Waals surface area contributed by atoms with Gasteiger partial charge in [0.15, 0.2) is 5.12 Å². The molecule has 3 atom stereocenters. The predicted octanol–water partition coefficient (Wildman–Crippen LogP) is 2.76. The smallest absolute Gasteiger partial charge is 0.328 e. The van der Waals surface area contributed by atoms with Gasteiger partial charge in [-0.2, -0.15) is 0 Å². The number of ether oxygens (including phenoxy) is 1. The first-order valence-corrected chi connectivity index (χ1v) is 12.2. The molecule has 2 aromatic carbocycles. The number of benzene rings is 2. The highest BCUT2D eigenvalue weighted by atomic mass is 32.2. The molecule has 0 aliphatic carbocycles. The number of methoxy groups -OCH3 is 1. The lowest BCUT2D eigenvalue weighted by molar-refractivity contribution is -0.155. The highest BCUT2D eigenvalue weighted by Crippen LogP contribution is 2.25. The van der Waals surface area contributed by atoms with Gasteiger partial charge in [0.25, 0.3) is 0 Å². The van der Waals surface area contributed by atoms with Gasteiger partial charge in [-0.3, -0.25) is 14.4 Å². The van der Waals surface area contributed by atoms with Crippen LogP contribution in [-0.2, 0) is 43.3 Å². The Labute approximate surface area is 204 Å². The zero-order chi connectivity index (χ0) is 24.7. The Kier molecular flexibility index (Phi) is 8.87. The lowest BCUT2D eigenvalue weighted by Gasteiger charge is -2.36. The van der Waals surface area contributed by atoms with Gasteiger partial charge < -0.3 is 15.0 Å². The SMILES string of the molecule is COC(=O)[C@@H]1Cc2ccccc2CN1C(=O)[C@H](C)NC(=O)[C@@H](CSC(C)=O)Cc1ccccc1. The predicted molar refractivity (Wildman–Crippen MR) is 131 cm³/mol. The van der Waals surface area contributed by atoms with Crippen LogP contribution in [0.15, 0.2) is 54.6 Å². The summed E-state index contributed by atoms with van der Waals surface area (Å²) < 4.78 is 4.95. The van der Waals surface area contributed by atoms with Crippen molar-refractivity contribution >= 4 is 34.7 Å². The first-order chi connectivity index (χ1) is 16.3. The van der Waals surface area contributed by atoms with Crippen molar-refractivity contribution in [3.63, 3.8) is 0 Å². The number of carbonyl (C=O) groups excluding carboxylic acids is 4. The average molecular weight is 483 g/mol. The fraction of sp³-hybridized carbons (Fsp3) is 0.385. The second kappa shape index (κ2) is 11.8. The minimum absolute atomic E-state index is 0.0668. The van der Waals surface area contributed by atoms with Crippen LogP contribution in [0.2, 0.25) is 0 Å². The molecule has 1 aliphatic heterocycles. The summed E-state index contributed by atoms with van der Waals surface area (Å²) in [5, 5.41) is 2.75. The van der Waals surface area contributed by atoms with Crippen LogP contribution in [-0.4, -0.2) is 52.7 Å². The van der Waals surface area contributed by atoms with Crippen LogP contribution in [0.1, 0.15) is 30.5 Å². The van der Waals surface area contributed by atoms with Gasteiger partial charge in [0.05, 0.1) is 13.0 Å². The Hall–Kier alpha value is -3.13. The molecule has 0 saturated carbocycles. The number of amides is 2. The highest BCUT2D eigenvalue weighted by Gasteiger charge is 2.37. The molecule has 1 N–H and O–H groups in total. The molecule has 2 aromatic rings. The van der Waals surface area contributed by atoms with Gasteiger partial charge in [0, 0.05) is 25.6 Å². The van der Waals surface area contributed by atoms with E-state index in [0.717, 1.165) is 28.5 Å². The molecule has 8 heteroatoms. The summed E-state index contributed by atoms with van der Waals surface area (Å²) in [6.45, 7) is 3.35. The third-order valence-electron chi connectivity index (χ3n) is 5.92. The number of nitrogens with zero attached hydrogens (tertiary/aromatic N) is 1. The molecule has 0 bridgehead atoms. The Bertz CT molecular complexity index is 1040. The minimum atomic E-state index is -0.842. The molecule has 0 saturated heterocycles. The molecule has 3 rings (SSSR count). The van der Waals surface area contributed by atoms with Gasteiger partial charge in [-0.15, -0.1) is 0 Å². The van der Waals surface area contributed by atoms with Crippen LogP contribution >= 0.6 is 11.8 Å². The molecule has 0 unspecified atom stereocenters. The van der Waals surface area contributed by atoms with Crippen LogP contribution < -0.4 is 5.32 Å². The minimum Gasteiger partial charge on any atom is -0.467 e. The van der Waals surface area contributed by atoms with E-state index in [2.05, 4.69) is 5.32 Å². The van der Waals surface area contributed by atoms with Crippen LogP contribution in [0.4, 0.5) is 0 Å². The van der Waals surface area contributed by atoms with Crippen LogP contribution in [0, 0.1) is 5.92 Å². The van der Waals surface area contributed by atoms with E-state index in [4.69, 9.17) is 4.74 Å². The fourth-order valence-electron chi connectivity index (χ4n) is 4.09. The van der Waals surface area contributed by atoms with Crippen molar-refractivity contribution in [3.05, 3.63) is 71.3 Å². The Balaban J connectivity index is 1.73. The van der Waals surface area contributed by atoms with Gasteiger partial charge >= 0.3 is 5.97 Å². The molecular formula is C26H30N2O5S. The molecule has 0 radical (unpaired) electrons. The van der Waals surface area contributed by atoms with Gasteiger partial charge in [-0.25, -0.2) is 4.79 Å². The third-order valence-corrected chi connectivity index (χ3v) is 6.89. The second-order valence-corrected chi connectivity index (χ2v) is 9.59. The van der Waals surface area contributed by atoms with Gasteiger partial charge in [-0.1, -0.05) is 66.4 Å². The molecule has 1 aliphatic rings. The number of hydrogen-bond donors (Lipinski definition) is 1. The molecule has 0 fully saturated rings. The van der Waals surface area contributed by atoms with Crippen molar-refractivity contribution in [1.82, 2.24) is 10.2 Å². The molecule has 7 nitrogen and oxygen atoms in total. The van der Waals surface area contributed by atoms with E-state index < -0.39 is 24.0 Å². The van der Waals surface area contributed by atoms with Crippen LogP contribution in [0.3, 0.4) is 0 Å². The largest absolute Gasteiger partial charge is 0.467 e. The van der Waals surface area contributed by atoms with E-state index in [9.17, 15) is 19.2 Å². The normalized spacial score (nSPS) is 16.7. The van der Waals surface area contributed by atoms with E-state index in [0.29, 0.717) is 18.6 Å². The van der Waals surface area contributed by atoms with E-state index in [1.807, 2.05) is 54.6 Å². The van der Waals surface area contributed by atoms with Gasteiger partial charge in [-0.05, 0) is 30.0 Å².